The average Bonchev–Trinajstić information content (AvgIpc) is 3.30. The number of hydrogen-bond acceptors (Lipinski definition) is 6. The number of hydrogen-bond donors (Lipinski definition) is 1. The molecule has 0 spiro atoms. The molecule has 1 fully saturated rings. The van der Waals surface area contributed by atoms with Crippen LogP contribution in [0.25, 0.3) is 16.7 Å². The van der Waals surface area contributed by atoms with E-state index in [1.807, 2.05) is 40.5 Å². The highest BCUT2D eigenvalue weighted by molar-refractivity contribution is 5.99. The quantitative estimate of drug-likeness (QED) is 0.509. The Bertz CT molecular complexity index is 1450. The van der Waals surface area contributed by atoms with Crippen molar-refractivity contribution in [2.45, 2.75) is 38.6 Å². The molecule has 2 aliphatic heterocycles. The van der Waals surface area contributed by atoms with E-state index < -0.39 is 0 Å². The van der Waals surface area contributed by atoms with E-state index in [1.54, 1.807) is 6.20 Å². The maximum atomic E-state index is 13.6. The molecule has 1 N–H and O–H groups in total. The number of H-pyrrole nitrogens is 1. The second-order valence-electron chi connectivity index (χ2n) is 8.83. The van der Waals surface area contributed by atoms with E-state index in [1.165, 1.54) is 0 Å². The van der Waals surface area contributed by atoms with Crippen molar-refractivity contribution in [1.82, 2.24) is 29.5 Å². The number of pyridine rings is 1. The van der Waals surface area contributed by atoms with E-state index in [9.17, 15) is 9.59 Å². The molecule has 9 nitrogen and oxygen atoms in total. The second kappa shape index (κ2) is 7.77. The first-order valence-electron chi connectivity index (χ1n) is 11.3. The smallest absolute Gasteiger partial charge is 0.294 e. The monoisotopic (exact) mass is 444 g/mol. The van der Waals surface area contributed by atoms with Crippen LogP contribution in [0, 0.1) is 6.92 Å². The summed E-state index contributed by atoms with van der Waals surface area (Å²) < 4.78 is 7.33. The van der Waals surface area contributed by atoms with Crippen LogP contribution < -0.4 is 5.56 Å². The maximum absolute atomic E-state index is 13.6. The van der Waals surface area contributed by atoms with Crippen LogP contribution in [-0.2, 0) is 17.7 Å². The molecule has 0 radical (unpaired) electrons. The number of aromatic nitrogens is 5. The fourth-order valence-electron chi connectivity index (χ4n) is 5.00. The van der Waals surface area contributed by atoms with Crippen LogP contribution in [-0.4, -0.2) is 55.1 Å². The number of rotatable bonds is 2. The molecule has 0 saturated carbocycles. The van der Waals surface area contributed by atoms with Crippen molar-refractivity contribution in [3.05, 3.63) is 69.0 Å². The van der Waals surface area contributed by atoms with Crippen molar-refractivity contribution in [1.29, 1.82) is 0 Å². The number of benzene rings is 1. The van der Waals surface area contributed by atoms with Gasteiger partial charge in [0.15, 0.2) is 0 Å². The molecule has 0 unspecified atom stereocenters. The largest absolute Gasteiger partial charge is 0.381 e. The van der Waals surface area contributed by atoms with Crippen LogP contribution in [0.1, 0.15) is 51.8 Å². The van der Waals surface area contributed by atoms with E-state index in [-0.39, 0.29) is 23.0 Å². The molecule has 1 saturated heterocycles. The number of carbonyl (C=O) groups excluding carboxylic acids is 1. The van der Waals surface area contributed by atoms with Crippen LogP contribution >= 0.6 is 0 Å². The van der Waals surface area contributed by atoms with E-state index in [0.29, 0.717) is 37.4 Å². The highest BCUT2D eigenvalue weighted by Crippen LogP contribution is 2.29. The summed E-state index contributed by atoms with van der Waals surface area (Å²) in [5.41, 5.74) is 4.96. The number of nitrogens with zero attached hydrogens (tertiary/aromatic N) is 5. The standard InChI is InChI=1S/C24H24N6O3/c1-14-11-19-20(12-17(14)24(32)29-8-4-18-16(13-29)3-2-7-25-18)30-21(15-5-9-33-10-6-15)27-28-22(30)23(31)26-19/h2-3,7,11-12,15H,4-6,8-10,13H2,1H3,(H,26,31). The van der Waals surface area contributed by atoms with Crippen molar-refractivity contribution in [2.24, 2.45) is 0 Å². The fraction of sp³-hybridized carbons (Fsp3) is 0.375. The third-order valence-corrected chi connectivity index (χ3v) is 6.79. The summed E-state index contributed by atoms with van der Waals surface area (Å²) in [5.74, 6) is 0.888. The van der Waals surface area contributed by atoms with Gasteiger partial charge < -0.3 is 14.6 Å². The Labute approximate surface area is 189 Å². The Morgan fingerprint density at radius 2 is 2.06 bits per heavy atom. The lowest BCUT2D eigenvalue weighted by Crippen LogP contribution is -2.36. The van der Waals surface area contributed by atoms with Gasteiger partial charge in [0, 0.05) is 56.1 Å². The molecular weight excluding hydrogens is 420 g/mol. The van der Waals surface area contributed by atoms with Crippen molar-refractivity contribution in [2.75, 3.05) is 19.8 Å². The summed E-state index contributed by atoms with van der Waals surface area (Å²) in [4.78, 5) is 35.5. The topological polar surface area (TPSA) is 105 Å². The fourth-order valence-corrected chi connectivity index (χ4v) is 5.00. The Hall–Kier alpha value is -3.59. The number of aryl methyl sites for hydroxylation is 1. The molecule has 6 rings (SSSR count). The highest BCUT2D eigenvalue weighted by Gasteiger charge is 2.26. The predicted molar refractivity (Wildman–Crippen MR) is 121 cm³/mol. The van der Waals surface area contributed by atoms with Gasteiger partial charge in [-0.1, -0.05) is 6.07 Å². The van der Waals surface area contributed by atoms with Crippen LogP contribution in [0.2, 0.25) is 0 Å². The lowest BCUT2D eigenvalue weighted by atomic mass is 9.99. The van der Waals surface area contributed by atoms with Gasteiger partial charge >= 0.3 is 0 Å². The molecule has 2 aliphatic rings. The van der Waals surface area contributed by atoms with Crippen molar-refractivity contribution >= 4 is 22.6 Å². The normalized spacial score (nSPS) is 16.9. The molecule has 4 aromatic rings. The molecule has 9 heteroatoms. The second-order valence-corrected chi connectivity index (χ2v) is 8.83. The minimum atomic E-state index is -0.285. The predicted octanol–water partition coefficient (Wildman–Crippen LogP) is 2.37. The van der Waals surface area contributed by atoms with Crippen LogP contribution in [0.15, 0.2) is 35.3 Å². The number of carbonyl (C=O) groups is 1. The first-order valence-corrected chi connectivity index (χ1v) is 11.3. The van der Waals surface area contributed by atoms with Crippen LogP contribution in [0.5, 0.6) is 0 Å². The van der Waals surface area contributed by atoms with Crippen LogP contribution in [0.3, 0.4) is 0 Å². The minimum absolute atomic E-state index is 0.0241. The molecule has 1 aromatic carbocycles. The Morgan fingerprint density at radius 3 is 2.91 bits per heavy atom. The van der Waals surface area contributed by atoms with Crippen molar-refractivity contribution in [3.8, 4) is 0 Å². The van der Waals surface area contributed by atoms with Crippen molar-refractivity contribution in [3.63, 3.8) is 0 Å². The molecule has 0 aliphatic carbocycles. The summed E-state index contributed by atoms with van der Waals surface area (Å²) >= 11 is 0. The average molecular weight is 444 g/mol. The summed E-state index contributed by atoms with van der Waals surface area (Å²) in [6, 6.07) is 7.68. The van der Waals surface area contributed by atoms with Gasteiger partial charge in [-0.2, -0.15) is 0 Å². The van der Waals surface area contributed by atoms with Gasteiger partial charge in [-0.15, -0.1) is 10.2 Å². The zero-order valence-corrected chi connectivity index (χ0v) is 18.4. The van der Waals surface area contributed by atoms with Crippen LogP contribution in [0.4, 0.5) is 0 Å². The Morgan fingerprint density at radius 1 is 1.21 bits per heavy atom. The van der Waals surface area contributed by atoms with Gasteiger partial charge in [0.25, 0.3) is 11.5 Å². The van der Waals surface area contributed by atoms with E-state index in [4.69, 9.17) is 4.74 Å². The lowest BCUT2D eigenvalue weighted by Gasteiger charge is -2.28. The summed E-state index contributed by atoms with van der Waals surface area (Å²) in [6.07, 6.45) is 4.19. The number of nitrogens with one attached hydrogen (secondary N) is 1. The molecule has 5 heterocycles. The molecule has 1 amide bonds. The van der Waals surface area contributed by atoms with Crippen molar-refractivity contribution < 1.29 is 9.53 Å². The van der Waals surface area contributed by atoms with E-state index in [2.05, 4.69) is 20.2 Å². The summed E-state index contributed by atoms with van der Waals surface area (Å²) in [7, 11) is 0. The third-order valence-electron chi connectivity index (χ3n) is 6.79. The van der Waals surface area contributed by atoms with E-state index in [0.717, 1.165) is 47.4 Å². The molecule has 168 valence electrons. The number of ether oxygens (including phenoxy) is 1. The first-order chi connectivity index (χ1) is 16.1. The molecule has 0 bridgehead atoms. The van der Waals surface area contributed by atoms with Gasteiger partial charge in [0.2, 0.25) is 5.65 Å². The van der Waals surface area contributed by atoms with E-state index >= 15 is 0 Å². The zero-order valence-electron chi connectivity index (χ0n) is 18.4. The third kappa shape index (κ3) is 3.31. The highest BCUT2D eigenvalue weighted by atomic mass is 16.5. The molecule has 0 atom stereocenters. The molecular formula is C24H24N6O3. The summed E-state index contributed by atoms with van der Waals surface area (Å²) in [6.45, 7) is 4.39. The SMILES string of the molecule is Cc1cc2[nH]c(=O)c3nnc(C4CCOCC4)n3c2cc1C(=O)N1CCc2ncccc2C1. The summed E-state index contributed by atoms with van der Waals surface area (Å²) in [5, 5.41) is 8.56. The lowest BCUT2D eigenvalue weighted by molar-refractivity contribution is 0.0733. The zero-order chi connectivity index (χ0) is 22.5. The number of fused-ring (bicyclic) bond motifs is 4. The van der Waals surface area contributed by atoms with Gasteiger partial charge in [-0.3, -0.25) is 19.0 Å². The Kier molecular flexibility index (Phi) is 4.72. The number of amides is 1. The van der Waals surface area contributed by atoms with Gasteiger partial charge in [0.05, 0.1) is 11.0 Å². The molecule has 3 aromatic heterocycles. The number of aromatic amines is 1. The molecule has 33 heavy (non-hydrogen) atoms. The van der Waals surface area contributed by atoms with Gasteiger partial charge in [-0.05, 0) is 49.1 Å². The first kappa shape index (κ1) is 20.0. The minimum Gasteiger partial charge on any atom is -0.381 e. The van der Waals surface area contributed by atoms with Gasteiger partial charge in [0.1, 0.15) is 5.82 Å². The van der Waals surface area contributed by atoms with Gasteiger partial charge in [-0.25, -0.2) is 0 Å². The maximum Gasteiger partial charge on any atom is 0.294 e. The Balaban J connectivity index is 1.47.